The van der Waals surface area contributed by atoms with Crippen LogP contribution in [0.2, 0.25) is 10.0 Å². The molecule has 154 valence electrons. The quantitative estimate of drug-likeness (QED) is 0.546. The van der Waals surface area contributed by atoms with Crippen molar-refractivity contribution in [1.29, 1.82) is 0 Å². The number of aromatic nitrogens is 1. The minimum atomic E-state index is -0.328. The van der Waals surface area contributed by atoms with Gasteiger partial charge < -0.3 is 10.6 Å². The molecule has 0 saturated carbocycles. The summed E-state index contributed by atoms with van der Waals surface area (Å²) in [7, 11) is 0. The van der Waals surface area contributed by atoms with E-state index in [1.54, 1.807) is 12.1 Å². The number of hydrogen-bond donors (Lipinski definition) is 2. The molecular formula is C23H21Cl2N3O2. The number of carbonyl (C=O) groups excluding carboxylic acids is 2. The number of halogens is 2. The molecule has 0 radical (unpaired) electrons. The van der Waals surface area contributed by atoms with E-state index < -0.39 is 0 Å². The van der Waals surface area contributed by atoms with Crippen LogP contribution in [0.15, 0.2) is 66.9 Å². The van der Waals surface area contributed by atoms with E-state index in [2.05, 4.69) is 15.6 Å². The van der Waals surface area contributed by atoms with E-state index in [4.69, 9.17) is 23.2 Å². The van der Waals surface area contributed by atoms with Crippen molar-refractivity contribution >= 4 is 35.0 Å². The summed E-state index contributed by atoms with van der Waals surface area (Å²) in [4.78, 5) is 28.8. The van der Waals surface area contributed by atoms with Gasteiger partial charge in [-0.3, -0.25) is 14.6 Å². The highest BCUT2D eigenvalue weighted by Crippen LogP contribution is 2.12. The molecule has 5 nitrogen and oxygen atoms in total. The summed E-state index contributed by atoms with van der Waals surface area (Å²) in [5.41, 5.74) is 2.65. The lowest BCUT2D eigenvalue weighted by molar-refractivity contribution is 0.0949. The van der Waals surface area contributed by atoms with Crippen molar-refractivity contribution in [3.63, 3.8) is 0 Å². The average molecular weight is 442 g/mol. The predicted octanol–water partition coefficient (Wildman–Crippen LogP) is 4.33. The first kappa shape index (κ1) is 21.8. The van der Waals surface area contributed by atoms with E-state index in [1.165, 1.54) is 12.3 Å². The number of amides is 2. The van der Waals surface area contributed by atoms with Gasteiger partial charge in [-0.15, -0.1) is 0 Å². The van der Waals surface area contributed by atoms with Crippen LogP contribution in [0.5, 0.6) is 0 Å². The second-order valence-electron chi connectivity index (χ2n) is 6.70. The van der Waals surface area contributed by atoms with Crippen LogP contribution in [0, 0.1) is 0 Å². The molecule has 0 atom stereocenters. The highest BCUT2D eigenvalue weighted by atomic mass is 35.5. The molecule has 7 heteroatoms. The molecule has 0 unspecified atom stereocenters. The topological polar surface area (TPSA) is 71.1 Å². The first-order chi connectivity index (χ1) is 14.5. The Labute approximate surface area is 185 Å². The molecule has 0 bridgehead atoms. The normalized spacial score (nSPS) is 10.5. The molecule has 30 heavy (non-hydrogen) atoms. The first-order valence-electron chi connectivity index (χ1n) is 9.52. The largest absolute Gasteiger partial charge is 0.352 e. The van der Waals surface area contributed by atoms with Crippen molar-refractivity contribution < 1.29 is 9.59 Å². The SMILES string of the molecule is O=C(NCCc1cccc(Cl)c1)c1ccnc(C(=O)NCCc2cccc(Cl)c2)c1. The van der Waals surface area contributed by atoms with Gasteiger partial charge in [0.15, 0.2) is 0 Å². The van der Waals surface area contributed by atoms with Gasteiger partial charge in [-0.1, -0.05) is 47.5 Å². The summed E-state index contributed by atoms with van der Waals surface area (Å²) < 4.78 is 0. The van der Waals surface area contributed by atoms with Crippen LogP contribution in [-0.2, 0) is 12.8 Å². The third-order valence-corrected chi connectivity index (χ3v) is 4.90. The number of pyridine rings is 1. The first-order valence-corrected chi connectivity index (χ1v) is 10.3. The lowest BCUT2D eigenvalue weighted by atomic mass is 10.1. The summed E-state index contributed by atoms with van der Waals surface area (Å²) in [6.45, 7) is 0.902. The fourth-order valence-corrected chi connectivity index (χ4v) is 3.34. The maximum absolute atomic E-state index is 12.4. The minimum Gasteiger partial charge on any atom is -0.352 e. The number of carbonyl (C=O) groups is 2. The van der Waals surface area contributed by atoms with E-state index >= 15 is 0 Å². The highest BCUT2D eigenvalue weighted by molar-refractivity contribution is 6.30. The number of rotatable bonds is 8. The van der Waals surface area contributed by atoms with E-state index in [-0.39, 0.29) is 17.5 Å². The Morgan fingerprint density at radius 3 is 1.90 bits per heavy atom. The molecule has 3 rings (SSSR count). The fraction of sp³-hybridized carbons (Fsp3) is 0.174. The maximum atomic E-state index is 12.4. The molecule has 0 aliphatic heterocycles. The van der Waals surface area contributed by atoms with Gasteiger partial charge >= 0.3 is 0 Å². The third kappa shape index (κ3) is 6.58. The molecule has 1 heterocycles. The van der Waals surface area contributed by atoms with Gasteiger partial charge in [0.05, 0.1) is 0 Å². The summed E-state index contributed by atoms with van der Waals surface area (Å²) in [5, 5.41) is 6.99. The monoisotopic (exact) mass is 441 g/mol. The number of nitrogens with zero attached hydrogens (tertiary/aromatic N) is 1. The molecule has 3 aromatic rings. The predicted molar refractivity (Wildman–Crippen MR) is 119 cm³/mol. The Morgan fingerprint density at radius 1 is 0.767 bits per heavy atom. The van der Waals surface area contributed by atoms with Crippen LogP contribution in [0.25, 0.3) is 0 Å². The molecule has 1 aromatic heterocycles. The second-order valence-corrected chi connectivity index (χ2v) is 7.57. The smallest absolute Gasteiger partial charge is 0.269 e. The van der Waals surface area contributed by atoms with Gasteiger partial charge in [0, 0.05) is 34.9 Å². The molecule has 2 amide bonds. The molecule has 0 fully saturated rings. The van der Waals surface area contributed by atoms with Crippen molar-refractivity contribution in [2.24, 2.45) is 0 Å². The summed E-state index contributed by atoms with van der Waals surface area (Å²) in [6, 6.07) is 18.1. The Bertz CT molecular complexity index is 961. The van der Waals surface area contributed by atoms with E-state index in [0.717, 1.165) is 11.1 Å². The Balaban J connectivity index is 1.50. The van der Waals surface area contributed by atoms with Crippen molar-refractivity contribution in [1.82, 2.24) is 15.6 Å². The van der Waals surface area contributed by atoms with Crippen molar-refractivity contribution in [2.75, 3.05) is 13.1 Å². The Morgan fingerprint density at radius 2 is 1.33 bits per heavy atom. The van der Waals surface area contributed by atoms with E-state index in [9.17, 15) is 9.59 Å². The number of nitrogens with one attached hydrogen (secondary N) is 2. The lowest BCUT2D eigenvalue weighted by Crippen LogP contribution is -2.28. The van der Waals surface area contributed by atoms with Crippen LogP contribution in [0.4, 0.5) is 0 Å². The van der Waals surface area contributed by atoms with Crippen LogP contribution >= 0.6 is 23.2 Å². The van der Waals surface area contributed by atoms with Crippen LogP contribution in [0.3, 0.4) is 0 Å². The summed E-state index contributed by atoms with van der Waals surface area (Å²) >= 11 is 11.9. The third-order valence-electron chi connectivity index (χ3n) is 4.43. The molecule has 0 saturated heterocycles. The highest BCUT2D eigenvalue weighted by Gasteiger charge is 2.11. The van der Waals surface area contributed by atoms with Crippen LogP contribution in [0.1, 0.15) is 32.0 Å². The van der Waals surface area contributed by atoms with Gasteiger partial charge in [-0.05, 0) is 60.4 Å². The zero-order chi connectivity index (χ0) is 21.3. The maximum Gasteiger partial charge on any atom is 0.269 e. The zero-order valence-electron chi connectivity index (χ0n) is 16.2. The van der Waals surface area contributed by atoms with Gasteiger partial charge in [-0.2, -0.15) is 0 Å². The van der Waals surface area contributed by atoms with E-state index in [1.807, 2.05) is 42.5 Å². The average Bonchev–Trinajstić information content (AvgIpc) is 2.74. The zero-order valence-corrected chi connectivity index (χ0v) is 17.7. The van der Waals surface area contributed by atoms with Crippen molar-refractivity contribution in [3.8, 4) is 0 Å². The molecule has 0 aliphatic rings. The Kier molecular flexibility index (Phi) is 7.82. The van der Waals surface area contributed by atoms with Crippen molar-refractivity contribution in [3.05, 3.63) is 99.3 Å². The number of hydrogen-bond acceptors (Lipinski definition) is 3. The Hall–Kier alpha value is -2.89. The number of benzene rings is 2. The lowest BCUT2D eigenvalue weighted by Gasteiger charge is -2.08. The second kappa shape index (κ2) is 10.8. The fourth-order valence-electron chi connectivity index (χ4n) is 2.91. The summed E-state index contributed by atoms with van der Waals surface area (Å²) in [6.07, 6.45) is 2.77. The van der Waals surface area contributed by atoms with Gasteiger partial charge in [0.1, 0.15) is 5.69 Å². The van der Waals surface area contributed by atoms with Gasteiger partial charge in [0.2, 0.25) is 0 Å². The molecule has 0 aliphatic carbocycles. The molecule has 2 N–H and O–H groups in total. The van der Waals surface area contributed by atoms with Crippen molar-refractivity contribution in [2.45, 2.75) is 12.8 Å². The van der Waals surface area contributed by atoms with E-state index in [0.29, 0.717) is 41.5 Å². The molecule has 0 spiro atoms. The van der Waals surface area contributed by atoms with Crippen LogP contribution in [-0.4, -0.2) is 29.9 Å². The standard InChI is InChI=1S/C23H21Cl2N3O2/c24-19-5-1-3-16(13-19)7-10-27-22(29)18-9-12-26-21(15-18)23(30)28-11-8-17-4-2-6-20(25)14-17/h1-6,9,12-15H,7-8,10-11H2,(H,27,29)(H,28,30). The molecule has 2 aromatic carbocycles. The van der Waals surface area contributed by atoms with Gasteiger partial charge in [0.25, 0.3) is 11.8 Å². The van der Waals surface area contributed by atoms with Gasteiger partial charge in [-0.25, -0.2) is 0 Å². The minimum absolute atomic E-state index is 0.198. The summed E-state index contributed by atoms with van der Waals surface area (Å²) in [5.74, 6) is -0.585. The molecular weight excluding hydrogens is 421 g/mol. The van der Waals surface area contributed by atoms with Crippen LogP contribution < -0.4 is 10.6 Å².